The maximum Gasteiger partial charge on any atom is 0.0829 e. The summed E-state index contributed by atoms with van der Waals surface area (Å²) in [5.74, 6) is 2.32. The predicted molar refractivity (Wildman–Crippen MR) is 123 cm³/mol. The van der Waals surface area contributed by atoms with Crippen LogP contribution in [-0.4, -0.2) is 45.7 Å². The predicted octanol–water partition coefficient (Wildman–Crippen LogP) is 4.04. The van der Waals surface area contributed by atoms with Crippen LogP contribution in [0.5, 0.6) is 0 Å². The Hall–Kier alpha value is -0.420. The average Bonchev–Trinajstić information content (AvgIpc) is 2.99. The van der Waals surface area contributed by atoms with E-state index in [0.717, 1.165) is 57.9 Å². The van der Waals surface area contributed by atoms with E-state index in [9.17, 15) is 15.3 Å². The lowest BCUT2D eigenvalue weighted by Gasteiger charge is -2.59. The minimum absolute atomic E-state index is 0.00922. The number of aliphatic hydroxyl groups is 3. The molecule has 0 radical (unpaired) electrons. The van der Waals surface area contributed by atoms with E-state index in [1.165, 1.54) is 12.0 Å². The molecule has 1 saturated heterocycles. The molecular weight excluding hydrogens is 386 g/mol. The lowest BCUT2D eigenvalue weighted by atomic mass is 9.46. The van der Waals surface area contributed by atoms with Gasteiger partial charge in [-0.25, -0.2) is 0 Å². The van der Waals surface area contributed by atoms with Crippen molar-refractivity contribution >= 4 is 0 Å². The third-order valence-corrected chi connectivity index (χ3v) is 11.1. The first kappa shape index (κ1) is 22.4. The van der Waals surface area contributed by atoms with E-state index in [-0.39, 0.29) is 28.9 Å². The number of hydrogen-bond acceptors (Lipinski definition) is 4. The zero-order chi connectivity index (χ0) is 22.2. The third kappa shape index (κ3) is 3.30. The molecule has 4 fully saturated rings. The fourth-order valence-electron chi connectivity index (χ4n) is 9.43. The Kier molecular flexibility index (Phi) is 5.45. The second-order valence-corrected chi connectivity index (χ2v) is 12.9. The second-order valence-electron chi connectivity index (χ2n) is 12.9. The number of aliphatic hydroxyl groups excluding tert-OH is 2. The summed E-state index contributed by atoms with van der Waals surface area (Å²) < 4.78 is 0. The summed E-state index contributed by atoms with van der Waals surface area (Å²) in [5.41, 5.74) is 0.823. The first-order valence-corrected chi connectivity index (χ1v) is 13.1. The van der Waals surface area contributed by atoms with E-state index >= 15 is 0 Å². The van der Waals surface area contributed by atoms with Gasteiger partial charge in [0.1, 0.15) is 0 Å². The number of piperidine rings is 1. The summed E-state index contributed by atoms with van der Waals surface area (Å²) in [6.45, 7) is 10.1. The Labute approximate surface area is 188 Å². The topological polar surface area (TPSA) is 72.7 Å². The van der Waals surface area contributed by atoms with Gasteiger partial charge in [0.05, 0.1) is 17.8 Å². The van der Waals surface area contributed by atoms with Gasteiger partial charge in [-0.2, -0.15) is 0 Å². The summed E-state index contributed by atoms with van der Waals surface area (Å²) in [6.07, 6.45) is 11.1. The van der Waals surface area contributed by atoms with E-state index in [1.54, 1.807) is 0 Å². The van der Waals surface area contributed by atoms with E-state index in [2.05, 4.69) is 32.2 Å². The number of rotatable bonds is 2. The zero-order valence-electron chi connectivity index (χ0n) is 20.1. The molecule has 0 aromatic heterocycles. The first-order valence-electron chi connectivity index (χ1n) is 13.1. The minimum Gasteiger partial charge on any atom is -0.393 e. The van der Waals surface area contributed by atoms with Gasteiger partial charge < -0.3 is 20.6 Å². The number of hydrogen-bond donors (Lipinski definition) is 4. The quantitative estimate of drug-likeness (QED) is 0.498. The third-order valence-electron chi connectivity index (χ3n) is 11.1. The Morgan fingerprint density at radius 3 is 2.55 bits per heavy atom. The molecule has 0 spiro atoms. The van der Waals surface area contributed by atoms with Crippen molar-refractivity contribution in [1.82, 2.24) is 5.32 Å². The molecule has 1 aliphatic heterocycles. The largest absolute Gasteiger partial charge is 0.393 e. The van der Waals surface area contributed by atoms with Gasteiger partial charge in [-0.3, -0.25) is 0 Å². The fraction of sp³-hybridized carbons (Fsp3) is 0.926. The molecule has 3 saturated carbocycles. The van der Waals surface area contributed by atoms with Crippen LogP contribution in [0.3, 0.4) is 0 Å². The number of nitrogens with one attached hydrogen (secondary N) is 1. The average molecular weight is 432 g/mol. The highest BCUT2D eigenvalue weighted by atomic mass is 16.3. The van der Waals surface area contributed by atoms with Gasteiger partial charge in [-0.1, -0.05) is 32.4 Å². The van der Waals surface area contributed by atoms with Crippen LogP contribution >= 0.6 is 0 Å². The van der Waals surface area contributed by atoms with Crippen molar-refractivity contribution in [3.63, 3.8) is 0 Å². The van der Waals surface area contributed by atoms with Gasteiger partial charge in [0, 0.05) is 12.0 Å². The normalized spacial score (nSPS) is 54.2. The highest BCUT2D eigenvalue weighted by Gasteiger charge is 2.65. The van der Waals surface area contributed by atoms with Crippen molar-refractivity contribution in [2.45, 2.75) is 109 Å². The van der Waals surface area contributed by atoms with Crippen molar-refractivity contribution in [2.75, 3.05) is 6.54 Å². The van der Waals surface area contributed by atoms with Crippen molar-refractivity contribution in [3.05, 3.63) is 11.6 Å². The van der Waals surface area contributed by atoms with Gasteiger partial charge in [0.25, 0.3) is 0 Å². The number of allylic oxidation sites excluding steroid dienone is 1. The lowest BCUT2D eigenvalue weighted by Crippen LogP contribution is -2.62. The first-order chi connectivity index (χ1) is 14.6. The Morgan fingerprint density at radius 1 is 1.06 bits per heavy atom. The molecule has 0 bridgehead atoms. The van der Waals surface area contributed by atoms with E-state index in [1.807, 2.05) is 6.92 Å². The Balaban J connectivity index is 1.43. The molecule has 4 nitrogen and oxygen atoms in total. The zero-order valence-corrected chi connectivity index (χ0v) is 20.1. The van der Waals surface area contributed by atoms with Crippen LogP contribution < -0.4 is 5.32 Å². The van der Waals surface area contributed by atoms with Crippen LogP contribution in [0.15, 0.2) is 11.6 Å². The monoisotopic (exact) mass is 431 g/mol. The van der Waals surface area contributed by atoms with Crippen LogP contribution in [0.2, 0.25) is 0 Å². The van der Waals surface area contributed by atoms with Gasteiger partial charge >= 0.3 is 0 Å². The molecule has 0 amide bonds. The van der Waals surface area contributed by atoms with Gasteiger partial charge in [-0.15, -0.1) is 0 Å². The summed E-state index contributed by atoms with van der Waals surface area (Å²) in [4.78, 5) is 0. The summed E-state index contributed by atoms with van der Waals surface area (Å²) in [5, 5.41) is 37.2. The molecule has 4 N–H and O–H groups in total. The molecule has 0 aromatic carbocycles. The summed E-state index contributed by atoms with van der Waals surface area (Å²) in [6, 6.07) is 0.0758. The molecule has 0 aromatic rings. The van der Waals surface area contributed by atoms with Crippen molar-refractivity contribution < 1.29 is 15.3 Å². The van der Waals surface area contributed by atoms with Crippen molar-refractivity contribution in [1.29, 1.82) is 0 Å². The molecular formula is C27H45NO3. The lowest BCUT2D eigenvalue weighted by molar-refractivity contribution is -0.137. The summed E-state index contributed by atoms with van der Waals surface area (Å²) in [7, 11) is 0. The van der Waals surface area contributed by atoms with Crippen LogP contribution in [0.25, 0.3) is 0 Å². The smallest absolute Gasteiger partial charge is 0.0829 e. The van der Waals surface area contributed by atoms with Crippen molar-refractivity contribution in [3.8, 4) is 0 Å². The molecule has 176 valence electrons. The van der Waals surface area contributed by atoms with Crippen molar-refractivity contribution in [2.24, 2.45) is 40.4 Å². The molecule has 11 unspecified atom stereocenters. The molecule has 5 aliphatic rings. The van der Waals surface area contributed by atoms with Crippen LogP contribution in [0, 0.1) is 40.4 Å². The molecule has 31 heavy (non-hydrogen) atoms. The molecule has 4 heteroatoms. The standard InChI is InChI=1S/C27H45NO3/c1-16-5-8-23(28-15-16)27(4,31)24-22(30)14-21-19-7-6-17-13-18(29)9-11-25(17,2)20(19)10-12-26(21,24)3/h6,16,18-24,28-31H,5,7-15H2,1-4H3. The molecule has 1 heterocycles. The van der Waals surface area contributed by atoms with Gasteiger partial charge in [0.2, 0.25) is 0 Å². The highest BCUT2D eigenvalue weighted by Crippen LogP contribution is 2.67. The van der Waals surface area contributed by atoms with Crippen LogP contribution in [-0.2, 0) is 0 Å². The summed E-state index contributed by atoms with van der Waals surface area (Å²) >= 11 is 0. The minimum atomic E-state index is -0.885. The Bertz CT molecular complexity index is 726. The Morgan fingerprint density at radius 2 is 1.84 bits per heavy atom. The van der Waals surface area contributed by atoms with Crippen LogP contribution in [0.4, 0.5) is 0 Å². The molecule has 11 atom stereocenters. The SMILES string of the molecule is CC1CCC(C(C)(O)C2C(O)CC3C4CC=C5CC(O)CCC5(C)C4CCC32C)NC1. The molecule has 5 rings (SSSR count). The second kappa shape index (κ2) is 7.55. The maximum atomic E-state index is 11.9. The van der Waals surface area contributed by atoms with E-state index in [0.29, 0.717) is 23.7 Å². The van der Waals surface area contributed by atoms with Gasteiger partial charge in [-0.05, 0) is 106 Å². The highest BCUT2D eigenvalue weighted by molar-refractivity contribution is 5.26. The van der Waals surface area contributed by atoms with E-state index in [4.69, 9.17) is 0 Å². The van der Waals surface area contributed by atoms with E-state index < -0.39 is 11.7 Å². The van der Waals surface area contributed by atoms with Gasteiger partial charge in [0.15, 0.2) is 0 Å². The van der Waals surface area contributed by atoms with Crippen LogP contribution in [0.1, 0.15) is 85.5 Å². The number of fused-ring (bicyclic) bond motifs is 5. The molecule has 4 aliphatic carbocycles. The maximum absolute atomic E-state index is 11.9. The fourth-order valence-corrected chi connectivity index (χ4v) is 9.43.